The summed E-state index contributed by atoms with van der Waals surface area (Å²) in [4.78, 5) is 24.5. The normalized spacial score (nSPS) is 10.4. The van der Waals surface area contributed by atoms with Crippen LogP contribution in [0.25, 0.3) is 10.4 Å². The number of anilines is 1. The number of amides is 1. The van der Waals surface area contributed by atoms with Gasteiger partial charge in [-0.1, -0.05) is 41.9 Å². The van der Waals surface area contributed by atoms with Crippen molar-refractivity contribution in [1.82, 2.24) is 0 Å². The highest BCUT2D eigenvalue weighted by Gasteiger charge is 2.18. The molecule has 0 spiro atoms. The van der Waals surface area contributed by atoms with Gasteiger partial charge in [0.1, 0.15) is 5.00 Å². The van der Waals surface area contributed by atoms with Crippen molar-refractivity contribution in [3.63, 3.8) is 0 Å². The second-order valence-corrected chi connectivity index (χ2v) is 6.47. The summed E-state index contributed by atoms with van der Waals surface area (Å²) in [6.45, 7) is 0. The summed E-state index contributed by atoms with van der Waals surface area (Å²) < 4.78 is 0. The Balaban J connectivity index is 1.92. The third-order valence-corrected chi connectivity index (χ3v) is 4.71. The summed E-state index contributed by atoms with van der Waals surface area (Å²) in [5.41, 5.74) is 1.38. The minimum Gasteiger partial charge on any atom is -0.478 e. The molecular weight excluding hydrogens is 346 g/mol. The van der Waals surface area contributed by atoms with E-state index in [-0.39, 0.29) is 11.5 Å². The second kappa shape index (κ2) is 6.86. The molecule has 0 atom stereocenters. The van der Waals surface area contributed by atoms with E-state index < -0.39 is 5.97 Å². The summed E-state index contributed by atoms with van der Waals surface area (Å²) in [5.74, 6) is -1.46. The molecule has 0 aliphatic heterocycles. The Morgan fingerprint density at radius 2 is 1.67 bits per heavy atom. The monoisotopic (exact) mass is 357 g/mol. The van der Waals surface area contributed by atoms with Crippen LogP contribution in [0.4, 0.5) is 5.00 Å². The molecule has 2 N–H and O–H groups in total. The van der Waals surface area contributed by atoms with Gasteiger partial charge < -0.3 is 10.4 Å². The molecule has 6 heteroatoms. The Hall–Kier alpha value is -2.63. The van der Waals surface area contributed by atoms with Gasteiger partial charge in [0.15, 0.2) is 0 Å². The van der Waals surface area contributed by atoms with Gasteiger partial charge in [-0.2, -0.15) is 0 Å². The molecule has 0 bridgehead atoms. The number of nitrogens with one attached hydrogen (secondary N) is 1. The lowest BCUT2D eigenvalue weighted by molar-refractivity contribution is 0.0698. The number of aromatic carboxylic acids is 1. The van der Waals surface area contributed by atoms with Crippen molar-refractivity contribution in [2.45, 2.75) is 0 Å². The fraction of sp³-hybridized carbons (Fsp3) is 0. The van der Waals surface area contributed by atoms with E-state index in [0.717, 1.165) is 10.4 Å². The van der Waals surface area contributed by atoms with E-state index >= 15 is 0 Å². The molecule has 2 aromatic carbocycles. The molecule has 0 saturated carbocycles. The fourth-order valence-corrected chi connectivity index (χ4v) is 3.34. The fourth-order valence-electron chi connectivity index (χ4n) is 2.16. The highest BCUT2D eigenvalue weighted by atomic mass is 35.5. The lowest BCUT2D eigenvalue weighted by Crippen LogP contribution is -2.12. The first-order valence-electron chi connectivity index (χ1n) is 7.04. The minimum atomic E-state index is -1.08. The van der Waals surface area contributed by atoms with Gasteiger partial charge in [0.2, 0.25) is 0 Å². The van der Waals surface area contributed by atoms with E-state index in [1.165, 1.54) is 11.3 Å². The standard InChI is InChI=1S/C18H12ClNO3S/c19-13-8-6-12(7-9-13)16(21)20-17-14(18(22)23)10-15(24-17)11-4-2-1-3-5-11/h1-10H,(H,20,21)(H,22,23). The molecule has 3 aromatic rings. The van der Waals surface area contributed by atoms with Crippen molar-refractivity contribution in [3.8, 4) is 10.4 Å². The van der Waals surface area contributed by atoms with E-state index in [9.17, 15) is 14.7 Å². The molecule has 24 heavy (non-hydrogen) atoms. The summed E-state index contributed by atoms with van der Waals surface area (Å²) in [6, 6.07) is 17.4. The Labute approximate surface area is 147 Å². The van der Waals surface area contributed by atoms with E-state index in [4.69, 9.17) is 11.6 Å². The van der Waals surface area contributed by atoms with E-state index in [2.05, 4.69) is 5.32 Å². The van der Waals surface area contributed by atoms with Crippen molar-refractivity contribution in [1.29, 1.82) is 0 Å². The Morgan fingerprint density at radius 3 is 2.29 bits per heavy atom. The number of carbonyl (C=O) groups excluding carboxylic acids is 1. The molecule has 0 radical (unpaired) electrons. The molecule has 0 aliphatic carbocycles. The van der Waals surface area contributed by atoms with Crippen LogP contribution in [0.3, 0.4) is 0 Å². The average molecular weight is 358 g/mol. The van der Waals surface area contributed by atoms with Crippen LogP contribution in [0.15, 0.2) is 60.7 Å². The number of hydrogen-bond donors (Lipinski definition) is 2. The first-order chi connectivity index (χ1) is 11.5. The van der Waals surface area contributed by atoms with Crippen LogP contribution in [0.2, 0.25) is 5.02 Å². The molecular formula is C18H12ClNO3S. The van der Waals surface area contributed by atoms with Gasteiger partial charge in [0.25, 0.3) is 5.91 Å². The molecule has 0 unspecified atom stereocenters. The van der Waals surface area contributed by atoms with Gasteiger partial charge in [-0.25, -0.2) is 4.79 Å². The molecule has 120 valence electrons. The maximum atomic E-state index is 12.3. The lowest BCUT2D eigenvalue weighted by Gasteiger charge is -2.04. The van der Waals surface area contributed by atoms with Crippen LogP contribution in [0.1, 0.15) is 20.7 Å². The van der Waals surface area contributed by atoms with E-state index in [0.29, 0.717) is 15.6 Å². The zero-order valence-electron chi connectivity index (χ0n) is 12.3. The number of thiophene rings is 1. The third kappa shape index (κ3) is 3.48. The summed E-state index contributed by atoms with van der Waals surface area (Å²) in [7, 11) is 0. The van der Waals surface area contributed by atoms with Crippen molar-refractivity contribution in [2.75, 3.05) is 5.32 Å². The molecule has 0 saturated heterocycles. The van der Waals surface area contributed by atoms with Gasteiger partial charge in [0, 0.05) is 15.5 Å². The average Bonchev–Trinajstić information content (AvgIpc) is 3.00. The van der Waals surface area contributed by atoms with Gasteiger partial charge in [-0.15, -0.1) is 11.3 Å². The van der Waals surface area contributed by atoms with Gasteiger partial charge in [-0.05, 0) is 35.9 Å². The summed E-state index contributed by atoms with van der Waals surface area (Å²) in [5, 5.41) is 12.9. The second-order valence-electron chi connectivity index (χ2n) is 4.99. The van der Waals surface area contributed by atoms with Crippen LogP contribution < -0.4 is 5.32 Å². The van der Waals surface area contributed by atoms with Gasteiger partial charge in [0.05, 0.1) is 5.56 Å². The third-order valence-electron chi connectivity index (χ3n) is 3.35. The highest BCUT2D eigenvalue weighted by Crippen LogP contribution is 2.35. The maximum Gasteiger partial charge on any atom is 0.338 e. The smallest absolute Gasteiger partial charge is 0.338 e. The topological polar surface area (TPSA) is 66.4 Å². The largest absolute Gasteiger partial charge is 0.478 e. The first-order valence-corrected chi connectivity index (χ1v) is 8.23. The van der Waals surface area contributed by atoms with Crippen molar-refractivity contribution >= 4 is 39.8 Å². The molecule has 3 rings (SSSR count). The quantitative estimate of drug-likeness (QED) is 0.689. The van der Waals surface area contributed by atoms with E-state index in [1.54, 1.807) is 30.3 Å². The Bertz CT molecular complexity index is 888. The number of carbonyl (C=O) groups is 2. The summed E-state index contributed by atoms with van der Waals surface area (Å²) >= 11 is 7.04. The van der Waals surface area contributed by atoms with Crippen LogP contribution in [0.5, 0.6) is 0 Å². The summed E-state index contributed by atoms with van der Waals surface area (Å²) in [6.07, 6.45) is 0. The number of halogens is 1. The van der Waals surface area contributed by atoms with E-state index in [1.807, 2.05) is 30.3 Å². The number of carboxylic acids is 1. The van der Waals surface area contributed by atoms with Crippen LogP contribution >= 0.6 is 22.9 Å². The predicted molar refractivity (Wildman–Crippen MR) is 96.1 cm³/mol. The zero-order valence-corrected chi connectivity index (χ0v) is 13.9. The predicted octanol–water partition coefficient (Wildman–Crippen LogP) is 5.02. The Kier molecular flexibility index (Phi) is 4.64. The zero-order chi connectivity index (χ0) is 17.1. The number of benzene rings is 2. The Morgan fingerprint density at radius 1 is 1.00 bits per heavy atom. The molecule has 0 aliphatic rings. The number of rotatable bonds is 4. The van der Waals surface area contributed by atoms with Crippen molar-refractivity contribution < 1.29 is 14.7 Å². The van der Waals surface area contributed by atoms with Crippen LogP contribution in [-0.2, 0) is 0 Å². The first kappa shape index (κ1) is 16.2. The molecule has 4 nitrogen and oxygen atoms in total. The highest BCUT2D eigenvalue weighted by molar-refractivity contribution is 7.20. The molecule has 1 heterocycles. The molecule has 0 fully saturated rings. The van der Waals surface area contributed by atoms with Crippen molar-refractivity contribution in [3.05, 3.63) is 76.8 Å². The molecule has 1 aromatic heterocycles. The van der Waals surface area contributed by atoms with Gasteiger partial charge in [-0.3, -0.25) is 4.79 Å². The maximum absolute atomic E-state index is 12.3. The van der Waals surface area contributed by atoms with Gasteiger partial charge >= 0.3 is 5.97 Å². The molecule has 1 amide bonds. The number of carboxylic acid groups (broad SMARTS) is 1. The van der Waals surface area contributed by atoms with Crippen LogP contribution in [0, 0.1) is 0 Å². The van der Waals surface area contributed by atoms with Crippen LogP contribution in [-0.4, -0.2) is 17.0 Å². The minimum absolute atomic E-state index is 0.0705. The lowest BCUT2D eigenvalue weighted by atomic mass is 10.1. The SMILES string of the molecule is O=C(Nc1sc(-c2ccccc2)cc1C(=O)O)c1ccc(Cl)cc1. The number of hydrogen-bond acceptors (Lipinski definition) is 3. The van der Waals surface area contributed by atoms with Crippen molar-refractivity contribution in [2.24, 2.45) is 0 Å².